The summed E-state index contributed by atoms with van der Waals surface area (Å²) in [6, 6.07) is 22.2. The van der Waals surface area contributed by atoms with Crippen molar-refractivity contribution in [3.63, 3.8) is 0 Å². The fraction of sp³-hybridized carbons (Fsp3) is 0.143. The molecule has 1 aliphatic heterocycles. The second-order valence-electron chi connectivity index (χ2n) is 6.74. The monoisotopic (exact) mass is 429 g/mol. The van der Waals surface area contributed by atoms with Gasteiger partial charge < -0.3 is 4.74 Å². The van der Waals surface area contributed by atoms with E-state index in [1.807, 2.05) is 6.92 Å². The third-order valence-corrected chi connectivity index (χ3v) is 9.17. The third-order valence-electron chi connectivity index (χ3n) is 4.72. The molecule has 0 aliphatic carbocycles. The predicted octanol–water partition coefficient (Wildman–Crippen LogP) is 3.48. The second-order valence-corrected chi connectivity index (χ2v) is 10.7. The highest BCUT2D eigenvalue weighted by atomic mass is 32.3. The van der Waals surface area contributed by atoms with Crippen LogP contribution in [-0.2, 0) is 20.0 Å². The van der Waals surface area contributed by atoms with E-state index in [0.29, 0.717) is 15.0 Å². The van der Waals surface area contributed by atoms with Gasteiger partial charge in [-0.1, -0.05) is 69.9 Å². The van der Waals surface area contributed by atoms with Gasteiger partial charge in [-0.3, -0.25) is 0 Å². The Morgan fingerprint density at radius 2 is 1.38 bits per heavy atom. The molecule has 3 aromatic rings. The van der Waals surface area contributed by atoms with E-state index in [0.717, 1.165) is 5.56 Å². The molecule has 150 valence electrons. The molecule has 0 saturated carbocycles. The van der Waals surface area contributed by atoms with Gasteiger partial charge in [0, 0.05) is 0 Å². The molecule has 8 heteroatoms. The van der Waals surface area contributed by atoms with Crippen molar-refractivity contribution in [2.24, 2.45) is 0 Å². The highest BCUT2D eigenvalue weighted by Gasteiger charge is 2.62. The lowest BCUT2D eigenvalue weighted by Gasteiger charge is -2.44. The van der Waals surface area contributed by atoms with Crippen molar-refractivity contribution in [3.05, 3.63) is 96.1 Å². The first-order valence-corrected chi connectivity index (χ1v) is 11.9. The molecule has 0 amide bonds. The Balaban J connectivity index is 1.79. The van der Waals surface area contributed by atoms with Crippen LogP contribution in [0, 0.1) is 6.92 Å². The van der Waals surface area contributed by atoms with Gasteiger partial charge in [-0.05, 0) is 36.8 Å². The molecular formula is C21H19NO5S2. The van der Waals surface area contributed by atoms with E-state index in [-0.39, 0.29) is 4.90 Å². The molecule has 0 bridgehead atoms. The molecule has 3 aromatic carbocycles. The summed E-state index contributed by atoms with van der Waals surface area (Å²) in [4.78, 5) is -0.0780. The van der Waals surface area contributed by atoms with Crippen molar-refractivity contribution in [2.75, 3.05) is 0 Å². The average molecular weight is 430 g/mol. The number of para-hydroxylation sites is 1. The number of hydrogen-bond donors (Lipinski definition) is 0. The minimum absolute atomic E-state index is 0.0780. The Hall–Kier alpha value is -2.68. The average Bonchev–Trinajstić information content (AvgIpc) is 2.71. The summed E-state index contributed by atoms with van der Waals surface area (Å²) in [5.41, 5.74) is 0.0757. The number of benzene rings is 3. The van der Waals surface area contributed by atoms with Crippen LogP contribution in [0.25, 0.3) is 0 Å². The van der Waals surface area contributed by atoms with Gasteiger partial charge in [-0.15, -0.1) is 0 Å². The van der Waals surface area contributed by atoms with E-state index >= 15 is 0 Å². The zero-order chi connectivity index (χ0) is 20.6. The van der Waals surface area contributed by atoms with Crippen molar-refractivity contribution < 1.29 is 21.6 Å². The van der Waals surface area contributed by atoms with Crippen LogP contribution >= 0.6 is 0 Å². The standard InChI is InChI=1S/C21H19NO5S2/c1-16-12-14-19(15-13-16)28(23,24)22-20(17-8-4-2-5-9-17)21(29(22,25)26)27-18-10-6-3-7-11-18/h2-15,20-21H,1H3/t20-,21-/m1/s1. The summed E-state index contributed by atoms with van der Waals surface area (Å²) in [5, 5.41) is 0. The van der Waals surface area contributed by atoms with Crippen LogP contribution in [0.3, 0.4) is 0 Å². The maximum Gasteiger partial charge on any atom is 0.268 e. The Bertz CT molecular complexity index is 1210. The van der Waals surface area contributed by atoms with E-state index in [4.69, 9.17) is 4.74 Å². The van der Waals surface area contributed by atoms with Crippen molar-refractivity contribution in [3.8, 4) is 5.75 Å². The minimum atomic E-state index is -4.28. The van der Waals surface area contributed by atoms with Crippen molar-refractivity contribution in [1.29, 1.82) is 0 Å². The van der Waals surface area contributed by atoms with Gasteiger partial charge in [0.05, 0.1) is 4.90 Å². The first-order valence-electron chi connectivity index (χ1n) is 8.93. The number of rotatable bonds is 5. The lowest BCUT2D eigenvalue weighted by Crippen LogP contribution is -2.62. The minimum Gasteiger partial charge on any atom is -0.471 e. The molecule has 1 aliphatic rings. The molecule has 0 spiro atoms. The van der Waals surface area contributed by atoms with Gasteiger partial charge in [-0.2, -0.15) is 0 Å². The van der Waals surface area contributed by atoms with E-state index in [9.17, 15) is 16.8 Å². The van der Waals surface area contributed by atoms with E-state index in [1.54, 1.807) is 72.8 Å². The summed E-state index contributed by atoms with van der Waals surface area (Å²) in [6.07, 6.45) is 0. The predicted molar refractivity (Wildman–Crippen MR) is 109 cm³/mol. The molecule has 1 saturated heterocycles. The molecule has 4 rings (SSSR count). The van der Waals surface area contributed by atoms with Crippen LogP contribution in [0.5, 0.6) is 5.75 Å². The first kappa shape index (κ1) is 19.6. The molecule has 1 fully saturated rings. The van der Waals surface area contributed by atoms with Crippen molar-refractivity contribution in [1.82, 2.24) is 3.71 Å². The highest BCUT2D eigenvalue weighted by molar-refractivity contribution is 8.05. The molecule has 0 unspecified atom stereocenters. The maximum absolute atomic E-state index is 13.2. The third kappa shape index (κ3) is 3.43. The van der Waals surface area contributed by atoms with Crippen molar-refractivity contribution in [2.45, 2.75) is 23.3 Å². The van der Waals surface area contributed by atoms with Crippen LogP contribution in [0.15, 0.2) is 89.8 Å². The van der Waals surface area contributed by atoms with E-state index in [1.165, 1.54) is 12.1 Å². The fourth-order valence-electron chi connectivity index (χ4n) is 3.25. The number of nitrogens with zero attached hydrogens (tertiary/aromatic N) is 1. The van der Waals surface area contributed by atoms with Gasteiger partial charge in [0.1, 0.15) is 11.8 Å². The molecule has 6 nitrogen and oxygen atoms in total. The molecule has 0 radical (unpaired) electrons. The van der Waals surface area contributed by atoms with Crippen molar-refractivity contribution >= 4 is 20.0 Å². The molecule has 2 atom stereocenters. The maximum atomic E-state index is 13.2. The summed E-state index contributed by atoms with van der Waals surface area (Å²) in [7, 11) is -8.54. The number of sulfonamides is 2. The molecule has 1 heterocycles. The van der Waals surface area contributed by atoms with Crippen LogP contribution < -0.4 is 4.74 Å². The van der Waals surface area contributed by atoms with E-state index in [2.05, 4.69) is 0 Å². The summed E-state index contributed by atoms with van der Waals surface area (Å²) >= 11 is 0. The van der Waals surface area contributed by atoms with Gasteiger partial charge in [0.25, 0.3) is 20.0 Å². The van der Waals surface area contributed by atoms with Crippen LogP contribution in [0.2, 0.25) is 0 Å². The summed E-state index contributed by atoms with van der Waals surface area (Å²) in [5.74, 6) is 0.356. The topological polar surface area (TPSA) is 80.8 Å². The van der Waals surface area contributed by atoms with Crippen LogP contribution in [0.1, 0.15) is 17.2 Å². The summed E-state index contributed by atoms with van der Waals surface area (Å²) in [6.45, 7) is 1.83. The second kappa shape index (κ2) is 7.29. The fourth-order valence-corrected chi connectivity index (χ4v) is 7.55. The Morgan fingerprint density at radius 3 is 1.97 bits per heavy atom. The zero-order valence-electron chi connectivity index (χ0n) is 15.5. The number of hydrogen-bond acceptors (Lipinski definition) is 5. The van der Waals surface area contributed by atoms with Gasteiger partial charge in [-0.25, -0.2) is 16.8 Å². The summed E-state index contributed by atoms with van der Waals surface area (Å²) < 4.78 is 58.8. The Labute approximate surface area is 170 Å². The van der Waals surface area contributed by atoms with Gasteiger partial charge in [0.15, 0.2) is 0 Å². The lowest BCUT2D eigenvalue weighted by atomic mass is 10.1. The normalized spacial score (nSPS) is 21.3. The van der Waals surface area contributed by atoms with Gasteiger partial charge >= 0.3 is 0 Å². The number of aryl methyl sites for hydroxylation is 1. The lowest BCUT2D eigenvalue weighted by molar-refractivity contribution is 0.157. The quantitative estimate of drug-likeness (QED) is 0.620. The van der Waals surface area contributed by atoms with Crippen LogP contribution in [-0.4, -0.2) is 26.0 Å². The Morgan fingerprint density at radius 1 is 0.828 bits per heavy atom. The number of ether oxygens (including phenoxy) is 1. The molecular weight excluding hydrogens is 410 g/mol. The van der Waals surface area contributed by atoms with Gasteiger partial charge in [0.2, 0.25) is 5.44 Å². The van der Waals surface area contributed by atoms with E-state index < -0.39 is 31.5 Å². The first-order chi connectivity index (χ1) is 13.8. The highest BCUT2D eigenvalue weighted by Crippen LogP contribution is 2.46. The molecule has 0 aromatic heterocycles. The largest absolute Gasteiger partial charge is 0.471 e. The Kier molecular flexibility index (Phi) is 4.94. The van der Waals surface area contributed by atoms with Crippen LogP contribution in [0.4, 0.5) is 0 Å². The zero-order valence-corrected chi connectivity index (χ0v) is 17.2. The molecule has 29 heavy (non-hydrogen) atoms. The smallest absolute Gasteiger partial charge is 0.268 e. The SMILES string of the molecule is Cc1ccc(S(=O)(=O)N2[C@H](c3ccccc3)[C@H](Oc3ccccc3)S2(=O)=O)cc1. The molecule has 0 N–H and O–H groups in total.